The Labute approximate surface area is 103 Å². The zero-order valence-electron chi connectivity index (χ0n) is 10.3. The fourth-order valence-electron chi connectivity index (χ4n) is 2.45. The van der Waals surface area contributed by atoms with Gasteiger partial charge in [0.15, 0.2) is 0 Å². The average Bonchev–Trinajstić information content (AvgIpc) is 2.75. The standard InChI is InChI=1S/C12H24N2OS/c1-2-3-13-12-10-15-9-11(12)8-14-4-6-16-7-5-14/h11-13H,2-10H2,1H3. The van der Waals surface area contributed by atoms with Crippen LogP contribution in [-0.2, 0) is 4.74 Å². The van der Waals surface area contributed by atoms with E-state index >= 15 is 0 Å². The molecule has 2 unspecified atom stereocenters. The van der Waals surface area contributed by atoms with Crippen molar-refractivity contribution < 1.29 is 4.74 Å². The van der Waals surface area contributed by atoms with Gasteiger partial charge in [0, 0.05) is 43.1 Å². The molecule has 0 spiro atoms. The highest BCUT2D eigenvalue weighted by molar-refractivity contribution is 7.99. The van der Waals surface area contributed by atoms with E-state index in [1.807, 2.05) is 0 Å². The van der Waals surface area contributed by atoms with Gasteiger partial charge in [0.2, 0.25) is 0 Å². The van der Waals surface area contributed by atoms with Crippen LogP contribution in [0.15, 0.2) is 0 Å². The Morgan fingerprint density at radius 2 is 2.12 bits per heavy atom. The lowest BCUT2D eigenvalue weighted by Gasteiger charge is -2.30. The van der Waals surface area contributed by atoms with Gasteiger partial charge < -0.3 is 15.0 Å². The molecule has 1 N–H and O–H groups in total. The molecule has 0 aromatic heterocycles. The summed E-state index contributed by atoms with van der Waals surface area (Å²) in [5.74, 6) is 3.32. The summed E-state index contributed by atoms with van der Waals surface area (Å²) in [5, 5.41) is 3.61. The van der Waals surface area contributed by atoms with E-state index in [1.54, 1.807) is 0 Å². The maximum Gasteiger partial charge on any atom is 0.0623 e. The first-order valence-electron chi connectivity index (χ1n) is 6.51. The fraction of sp³-hybridized carbons (Fsp3) is 1.00. The summed E-state index contributed by atoms with van der Waals surface area (Å²) in [7, 11) is 0. The van der Waals surface area contributed by atoms with Gasteiger partial charge in [-0.3, -0.25) is 0 Å². The minimum Gasteiger partial charge on any atom is -0.379 e. The molecule has 16 heavy (non-hydrogen) atoms. The number of hydrogen-bond acceptors (Lipinski definition) is 4. The van der Waals surface area contributed by atoms with Gasteiger partial charge in [0.1, 0.15) is 0 Å². The summed E-state index contributed by atoms with van der Waals surface area (Å²) in [6.07, 6.45) is 1.21. The van der Waals surface area contributed by atoms with Crippen LogP contribution in [-0.4, -0.2) is 61.8 Å². The number of ether oxygens (including phenoxy) is 1. The first kappa shape index (κ1) is 12.7. The van der Waals surface area contributed by atoms with E-state index in [2.05, 4.69) is 28.9 Å². The first-order chi connectivity index (χ1) is 7.90. The van der Waals surface area contributed by atoms with E-state index in [1.165, 1.54) is 37.6 Å². The third-order valence-electron chi connectivity index (χ3n) is 3.45. The van der Waals surface area contributed by atoms with Gasteiger partial charge >= 0.3 is 0 Å². The molecule has 94 valence electrons. The van der Waals surface area contributed by atoms with E-state index in [0.717, 1.165) is 19.8 Å². The highest BCUT2D eigenvalue weighted by atomic mass is 32.2. The number of thioether (sulfide) groups is 1. The van der Waals surface area contributed by atoms with Crippen molar-refractivity contribution in [3.8, 4) is 0 Å². The van der Waals surface area contributed by atoms with Crippen LogP contribution in [0.25, 0.3) is 0 Å². The molecule has 2 saturated heterocycles. The van der Waals surface area contributed by atoms with E-state index in [9.17, 15) is 0 Å². The molecule has 2 atom stereocenters. The minimum atomic E-state index is 0.592. The van der Waals surface area contributed by atoms with Crippen molar-refractivity contribution in [2.75, 3.05) is 50.9 Å². The highest BCUT2D eigenvalue weighted by Gasteiger charge is 2.29. The smallest absolute Gasteiger partial charge is 0.0623 e. The third kappa shape index (κ3) is 3.62. The van der Waals surface area contributed by atoms with Crippen LogP contribution in [0.5, 0.6) is 0 Å². The molecule has 0 amide bonds. The Morgan fingerprint density at radius 1 is 1.31 bits per heavy atom. The van der Waals surface area contributed by atoms with Gasteiger partial charge in [-0.05, 0) is 13.0 Å². The van der Waals surface area contributed by atoms with Crippen LogP contribution < -0.4 is 5.32 Å². The van der Waals surface area contributed by atoms with Crippen LogP contribution in [0, 0.1) is 5.92 Å². The average molecular weight is 244 g/mol. The molecule has 0 saturated carbocycles. The fourth-order valence-corrected chi connectivity index (χ4v) is 3.43. The Kier molecular flexibility index (Phi) is 5.42. The molecule has 2 fully saturated rings. The zero-order valence-corrected chi connectivity index (χ0v) is 11.1. The number of hydrogen-bond donors (Lipinski definition) is 1. The van der Waals surface area contributed by atoms with Gasteiger partial charge in [0.25, 0.3) is 0 Å². The molecule has 0 radical (unpaired) electrons. The zero-order chi connectivity index (χ0) is 11.2. The van der Waals surface area contributed by atoms with Gasteiger partial charge in [-0.2, -0.15) is 11.8 Å². The van der Waals surface area contributed by atoms with Gasteiger partial charge in [0.05, 0.1) is 13.2 Å². The second kappa shape index (κ2) is 6.84. The lowest BCUT2D eigenvalue weighted by atomic mass is 10.0. The summed E-state index contributed by atoms with van der Waals surface area (Å²) >= 11 is 2.08. The highest BCUT2D eigenvalue weighted by Crippen LogP contribution is 2.18. The van der Waals surface area contributed by atoms with Crippen LogP contribution in [0.2, 0.25) is 0 Å². The molecule has 3 nitrogen and oxygen atoms in total. The van der Waals surface area contributed by atoms with Crippen LogP contribution in [0.4, 0.5) is 0 Å². The maximum atomic E-state index is 5.61. The Hall–Kier alpha value is 0.230. The predicted octanol–water partition coefficient (Wildman–Crippen LogP) is 1.05. The van der Waals surface area contributed by atoms with E-state index in [-0.39, 0.29) is 0 Å². The van der Waals surface area contributed by atoms with Crippen molar-refractivity contribution >= 4 is 11.8 Å². The monoisotopic (exact) mass is 244 g/mol. The Morgan fingerprint density at radius 3 is 2.88 bits per heavy atom. The molecule has 0 bridgehead atoms. The van der Waals surface area contributed by atoms with Crippen LogP contribution in [0.3, 0.4) is 0 Å². The second-order valence-corrected chi connectivity index (χ2v) is 6.00. The lowest BCUT2D eigenvalue weighted by Crippen LogP contribution is -2.44. The largest absolute Gasteiger partial charge is 0.379 e. The van der Waals surface area contributed by atoms with Gasteiger partial charge in [-0.15, -0.1) is 0 Å². The Bertz CT molecular complexity index is 197. The molecule has 0 aromatic carbocycles. The molecule has 0 aliphatic carbocycles. The quantitative estimate of drug-likeness (QED) is 0.781. The molecule has 2 aliphatic heterocycles. The van der Waals surface area contributed by atoms with Crippen molar-refractivity contribution in [2.24, 2.45) is 5.92 Å². The van der Waals surface area contributed by atoms with Crippen molar-refractivity contribution in [2.45, 2.75) is 19.4 Å². The summed E-state index contributed by atoms with van der Waals surface area (Å²) in [6, 6.07) is 0.592. The molecule has 2 aliphatic rings. The Balaban J connectivity index is 1.73. The molecule has 2 rings (SSSR count). The van der Waals surface area contributed by atoms with Crippen LogP contribution in [0.1, 0.15) is 13.3 Å². The number of nitrogens with one attached hydrogen (secondary N) is 1. The van der Waals surface area contributed by atoms with Gasteiger partial charge in [-0.25, -0.2) is 0 Å². The normalized spacial score (nSPS) is 32.1. The topological polar surface area (TPSA) is 24.5 Å². The van der Waals surface area contributed by atoms with Crippen molar-refractivity contribution in [1.82, 2.24) is 10.2 Å². The first-order valence-corrected chi connectivity index (χ1v) is 7.67. The third-order valence-corrected chi connectivity index (χ3v) is 4.39. The predicted molar refractivity (Wildman–Crippen MR) is 70.2 cm³/mol. The summed E-state index contributed by atoms with van der Waals surface area (Å²) in [6.45, 7) is 8.96. The molecular weight excluding hydrogens is 220 g/mol. The summed E-state index contributed by atoms with van der Waals surface area (Å²) in [4.78, 5) is 2.61. The molecule has 2 heterocycles. The number of nitrogens with zero attached hydrogens (tertiary/aromatic N) is 1. The van der Waals surface area contributed by atoms with Crippen molar-refractivity contribution in [3.63, 3.8) is 0 Å². The van der Waals surface area contributed by atoms with E-state index in [4.69, 9.17) is 4.74 Å². The molecule has 4 heteroatoms. The lowest BCUT2D eigenvalue weighted by molar-refractivity contribution is 0.170. The second-order valence-electron chi connectivity index (χ2n) is 4.77. The van der Waals surface area contributed by atoms with Gasteiger partial charge in [-0.1, -0.05) is 6.92 Å². The summed E-state index contributed by atoms with van der Waals surface area (Å²) < 4.78 is 5.61. The number of rotatable bonds is 5. The molecule has 0 aromatic rings. The molecular formula is C12H24N2OS. The SMILES string of the molecule is CCCNC1COCC1CN1CCSCC1. The van der Waals surface area contributed by atoms with Crippen LogP contribution >= 0.6 is 11.8 Å². The minimum absolute atomic E-state index is 0.592. The van der Waals surface area contributed by atoms with E-state index in [0.29, 0.717) is 12.0 Å². The van der Waals surface area contributed by atoms with Crippen molar-refractivity contribution in [3.05, 3.63) is 0 Å². The van der Waals surface area contributed by atoms with E-state index < -0.39 is 0 Å². The summed E-state index contributed by atoms with van der Waals surface area (Å²) in [5.41, 5.74) is 0. The maximum absolute atomic E-state index is 5.61. The van der Waals surface area contributed by atoms with Crippen molar-refractivity contribution in [1.29, 1.82) is 0 Å².